The lowest BCUT2D eigenvalue weighted by Gasteiger charge is -2.17. The first kappa shape index (κ1) is 15.4. The summed E-state index contributed by atoms with van der Waals surface area (Å²) < 4.78 is 26.8. The van der Waals surface area contributed by atoms with Crippen molar-refractivity contribution in [3.63, 3.8) is 0 Å². The van der Waals surface area contributed by atoms with E-state index < -0.39 is 11.6 Å². The summed E-state index contributed by atoms with van der Waals surface area (Å²) in [6, 6.07) is 11.7. The van der Waals surface area contributed by atoms with Crippen LogP contribution in [0.15, 0.2) is 42.5 Å². The second-order valence-corrected chi connectivity index (χ2v) is 5.36. The summed E-state index contributed by atoms with van der Waals surface area (Å²) in [7, 11) is 3.96. The fourth-order valence-electron chi connectivity index (χ4n) is 2.37. The predicted molar refractivity (Wildman–Crippen MR) is 82.6 cm³/mol. The topological polar surface area (TPSA) is 29.3 Å². The highest BCUT2D eigenvalue weighted by Crippen LogP contribution is 2.24. The molecule has 112 valence electrons. The Labute approximate surface area is 124 Å². The molecule has 0 fully saturated rings. The Morgan fingerprint density at radius 3 is 2.24 bits per heavy atom. The molecule has 4 heteroatoms. The Hall–Kier alpha value is -1.94. The van der Waals surface area contributed by atoms with E-state index in [2.05, 4.69) is 0 Å². The van der Waals surface area contributed by atoms with Crippen LogP contribution in [0.4, 0.5) is 14.5 Å². The van der Waals surface area contributed by atoms with Gasteiger partial charge in [-0.15, -0.1) is 0 Å². The Morgan fingerprint density at radius 1 is 1.05 bits per heavy atom. The predicted octanol–water partition coefficient (Wildman–Crippen LogP) is 3.32. The lowest BCUT2D eigenvalue weighted by Crippen LogP contribution is -2.16. The number of hydrogen-bond donors (Lipinski definition) is 1. The molecule has 0 aromatic heterocycles. The van der Waals surface area contributed by atoms with Crippen molar-refractivity contribution in [2.75, 3.05) is 25.5 Å². The van der Waals surface area contributed by atoms with Crippen molar-refractivity contribution in [3.05, 3.63) is 65.2 Å². The van der Waals surface area contributed by atoms with Crippen molar-refractivity contribution in [1.29, 1.82) is 0 Å². The number of hydrogen-bond acceptors (Lipinski definition) is 2. The van der Waals surface area contributed by atoms with Crippen LogP contribution in [0.5, 0.6) is 0 Å². The van der Waals surface area contributed by atoms with Crippen LogP contribution in [-0.2, 0) is 6.42 Å². The van der Waals surface area contributed by atoms with Gasteiger partial charge in [0.1, 0.15) is 11.6 Å². The van der Waals surface area contributed by atoms with E-state index in [4.69, 9.17) is 5.73 Å². The first-order chi connectivity index (χ1) is 10.0. The van der Waals surface area contributed by atoms with Gasteiger partial charge in [0.25, 0.3) is 0 Å². The first-order valence-electron chi connectivity index (χ1n) is 6.92. The van der Waals surface area contributed by atoms with Crippen molar-refractivity contribution in [3.8, 4) is 0 Å². The summed E-state index contributed by atoms with van der Waals surface area (Å²) >= 11 is 0. The summed E-state index contributed by atoms with van der Waals surface area (Å²) in [5, 5.41) is 0. The Morgan fingerprint density at radius 2 is 1.71 bits per heavy atom. The molecule has 1 atom stereocenters. The highest BCUT2D eigenvalue weighted by molar-refractivity contribution is 5.46. The van der Waals surface area contributed by atoms with Gasteiger partial charge in [0.05, 0.1) is 0 Å². The SMILES string of the molecule is CN(C)c1ccc(CC(CN)c2ccc(F)cc2F)cc1. The van der Waals surface area contributed by atoms with Gasteiger partial charge in [-0.2, -0.15) is 0 Å². The second-order valence-electron chi connectivity index (χ2n) is 5.36. The van der Waals surface area contributed by atoms with Gasteiger partial charge in [-0.25, -0.2) is 8.78 Å². The summed E-state index contributed by atoms with van der Waals surface area (Å²) in [4.78, 5) is 2.02. The van der Waals surface area contributed by atoms with Crippen molar-refractivity contribution < 1.29 is 8.78 Å². The van der Waals surface area contributed by atoms with Crippen LogP contribution in [-0.4, -0.2) is 20.6 Å². The molecule has 2 aromatic carbocycles. The fourth-order valence-corrected chi connectivity index (χ4v) is 2.37. The van der Waals surface area contributed by atoms with Gasteiger partial charge in [0, 0.05) is 31.8 Å². The van der Waals surface area contributed by atoms with Gasteiger partial charge >= 0.3 is 0 Å². The number of halogens is 2. The molecule has 2 N–H and O–H groups in total. The van der Waals surface area contributed by atoms with Gasteiger partial charge in [-0.05, 0) is 42.3 Å². The minimum atomic E-state index is -0.567. The van der Waals surface area contributed by atoms with Crippen LogP contribution in [0.2, 0.25) is 0 Å². The molecule has 0 aliphatic carbocycles. The summed E-state index contributed by atoms with van der Waals surface area (Å²) in [6.45, 7) is 0.317. The normalized spacial score (nSPS) is 12.2. The molecule has 0 saturated carbocycles. The number of nitrogens with two attached hydrogens (primary N) is 1. The Bertz CT molecular complexity index is 594. The van der Waals surface area contributed by atoms with Crippen LogP contribution in [0, 0.1) is 11.6 Å². The molecule has 0 heterocycles. The third kappa shape index (κ3) is 3.79. The number of benzene rings is 2. The van der Waals surface area contributed by atoms with Gasteiger partial charge in [-0.1, -0.05) is 18.2 Å². The van der Waals surface area contributed by atoms with Gasteiger partial charge in [0.2, 0.25) is 0 Å². The monoisotopic (exact) mass is 290 g/mol. The molecule has 2 aromatic rings. The van der Waals surface area contributed by atoms with Crippen LogP contribution in [0.3, 0.4) is 0 Å². The first-order valence-corrected chi connectivity index (χ1v) is 6.92. The zero-order valence-electron chi connectivity index (χ0n) is 12.3. The molecule has 0 amide bonds. The van der Waals surface area contributed by atoms with E-state index in [1.165, 1.54) is 12.1 Å². The highest BCUT2D eigenvalue weighted by atomic mass is 19.1. The molecule has 0 saturated heterocycles. The average molecular weight is 290 g/mol. The molecule has 0 aliphatic rings. The maximum absolute atomic E-state index is 13.9. The summed E-state index contributed by atoms with van der Waals surface area (Å²) in [6.07, 6.45) is 0.632. The lowest BCUT2D eigenvalue weighted by atomic mass is 9.91. The van der Waals surface area contributed by atoms with E-state index in [1.807, 2.05) is 43.3 Å². The van der Waals surface area contributed by atoms with E-state index in [9.17, 15) is 8.78 Å². The third-order valence-electron chi connectivity index (χ3n) is 3.62. The smallest absolute Gasteiger partial charge is 0.129 e. The minimum absolute atomic E-state index is 0.157. The molecule has 2 rings (SSSR count). The molecule has 21 heavy (non-hydrogen) atoms. The van der Waals surface area contributed by atoms with Gasteiger partial charge in [-0.3, -0.25) is 0 Å². The average Bonchev–Trinajstić information content (AvgIpc) is 2.46. The van der Waals surface area contributed by atoms with Crippen LogP contribution >= 0.6 is 0 Å². The van der Waals surface area contributed by atoms with Crippen LogP contribution in [0.25, 0.3) is 0 Å². The summed E-state index contributed by atoms with van der Waals surface area (Å²) in [5.41, 5.74) is 8.43. The summed E-state index contributed by atoms with van der Waals surface area (Å²) in [5.74, 6) is -1.26. The highest BCUT2D eigenvalue weighted by Gasteiger charge is 2.15. The van der Waals surface area contributed by atoms with Crippen molar-refractivity contribution >= 4 is 5.69 Å². The number of rotatable bonds is 5. The standard InChI is InChI=1S/C17H20F2N2/c1-21(2)15-6-3-12(4-7-15)9-13(11-20)16-8-5-14(18)10-17(16)19/h3-8,10,13H,9,11,20H2,1-2H3. The van der Waals surface area contributed by atoms with Crippen LogP contribution in [0.1, 0.15) is 17.0 Å². The Balaban J connectivity index is 2.18. The van der Waals surface area contributed by atoms with Crippen molar-refractivity contribution in [2.24, 2.45) is 5.73 Å². The molecular formula is C17H20F2N2. The number of nitrogens with zero attached hydrogens (tertiary/aromatic N) is 1. The Kier molecular flexibility index (Phi) is 4.91. The maximum Gasteiger partial charge on any atom is 0.129 e. The molecular weight excluding hydrogens is 270 g/mol. The largest absolute Gasteiger partial charge is 0.378 e. The van der Waals surface area contributed by atoms with Gasteiger partial charge < -0.3 is 10.6 Å². The fraction of sp³-hybridized carbons (Fsp3) is 0.294. The molecule has 0 spiro atoms. The second kappa shape index (κ2) is 6.68. The van der Waals surface area contributed by atoms with E-state index >= 15 is 0 Å². The lowest BCUT2D eigenvalue weighted by molar-refractivity contribution is 0.551. The van der Waals surface area contributed by atoms with Crippen molar-refractivity contribution in [1.82, 2.24) is 0 Å². The molecule has 0 radical (unpaired) electrons. The molecule has 1 unspecified atom stereocenters. The third-order valence-corrected chi connectivity index (χ3v) is 3.62. The minimum Gasteiger partial charge on any atom is -0.378 e. The van der Waals surface area contributed by atoms with Crippen molar-refractivity contribution in [2.45, 2.75) is 12.3 Å². The van der Waals surface area contributed by atoms with Crippen LogP contribution < -0.4 is 10.6 Å². The molecule has 2 nitrogen and oxygen atoms in total. The molecule has 0 aliphatic heterocycles. The van der Waals surface area contributed by atoms with E-state index in [1.54, 1.807) is 0 Å². The maximum atomic E-state index is 13.9. The molecule has 0 bridgehead atoms. The van der Waals surface area contributed by atoms with E-state index in [0.29, 0.717) is 18.5 Å². The van der Waals surface area contributed by atoms with E-state index in [-0.39, 0.29) is 5.92 Å². The zero-order chi connectivity index (χ0) is 15.4. The zero-order valence-corrected chi connectivity index (χ0v) is 12.3. The van der Waals surface area contributed by atoms with Gasteiger partial charge in [0.15, 0.2) is 0 Å². The quantitative estimate of drug-likeness (QED) is 0.915. The van der Waals surface area contributed by atoms with E-state index in [0.717, 1.165) is 17.3 Å². The number of anilines is 1.